The monoisotopic (exact) mass is 313 g/mol. The number of halogens is 1. The molecule has 0 N–H and O–H groups in total. The van der Waals surface area contributed by atoms with Gasteiger partial charge < -0.3 is 0 Å². The fraction of sp³-hybridized carbons (Fsp3) is 0.417. The van der Waals surface area contributed by atoms with Crippen LogP contribution >= 0.6 is 0 Å². The van der Waals surface area contributed by atoms with Gasteiger partial charge in [0.05, 0.1) is 15.9 Å². The second-order valence-corrected chi connectivity index (χ2v) is 6.62. The summed E-state index contributed by atoms with van der Waals surface area (Å²) >= 11 is 0. The zero-order valence-electron chi connectivity index (χ0n) is 10.9. The fourth-order valence-electron chi connectivity index (χ4n) is 2.17. The molecule has 1 heterocycles. The molecule has 2 rings (SSSR count). The van der Waals surface area contributed by atoms with E-state index >= 15 is 0 Å². The lowest BCUT2D eigenvalue weighted by molar-refractivity contribution is -0.387. The molecule has 0 spiro atoms. The van der Waals surface area contributed by atoms with Crippen molar-refractivity contribution in [2.24, 2.45) is 5.92 Å². The molecule has 0 unspecified atom stereocenters. The van der Waals surface area contributed by atoms with Crippen LogP contribution in [0.4, 0.5) is 10.1 Å². The smallest absolute Gasteiger partial charge is 0.258 e. The Morgan fingerprint density at radius 3 is 2.48 bits per heavy atom. The third-order valence-corrected chi connectivity index (χ3v) is 5.28. The summed E-state index contributed by atoms with van der Waals surface area (Å²) in [6.07, 6.45) is 0.844. The van der Waals surface area contributed by atoms with Crippen LogP contribution in [0.3, 0.4) is 0 Å². The van der Waals surface area contributed by atoms with Gasteiger partial charge in [-0.25, -0.2) is 8.42 Å². The summed E-state index contributed by atoms with van der Waals surface area (Å²) in [5.74, 6) is -1.36. The van der Waals surface area contributed by atoms with Gasteiger partial charge in [-0.2, -0.15) is 14.0 Å². The Labute approximate surface area is 120 Å². The van der Waals surface area contributed by atoms with Crippen molar-refractivity contribution in [1.29, 1.82) is 5.26 Å². The van der Waals surface area contributed by atoms with Crippen molar-refractivity contribution in [2.75, 3.05) is 13.1 Å². The van der Waals surface area contributed by atoms with Crippen molar-refractivity contribution in [3.05, 3.63) is 34.1 Å². The molecular formula is C12H12FN3O4S. The van der Waals surface area contributed by atoms with E-state index in [1.807, 2.05) is 0 Å². The molecule has 7 nitrogen and oxygen atoms in total. The van der Waals surface area contributed by atoms with E-state index in [0.29, 0.717) is 18.9 Å². The van der Waals surface area contributed by atoms with Gasteiger partial charge in [0.25, 0.3) is 0 Å². The zero-order chi connectivity index (χ0) is 15.6. The van der Waals surface area contributed by atoms with Gasteiger partial charge in [0, 0.05) is 31.1 Å². The number of nitro groups is 1. The van der Waals surface area contributed by atoms with Gasteiger partial charge in [-0.05, 0) is 18.9 Å². The number of benzene rings is 1. The maximum atomic E-state index is 13.5. The van der Waals surface area contributed by atoms with Crippen molar-refractivity contribution in [1.82, 2.24) is 4.31 Å². The first-order valence-electron chi connectivity index (χ1n) is 6.20. The molecule has 0 amide bonds. The predicted octanol–water partition coefficient (Wildman–Crippen LogP) is 1.66. The lowest BCUT2D eigenvalue weighted by atomic mass is 10.0. The Hall–Kier alpha value is -2.05. The van der Waals surface area contributed by atoms with Crippen molar-refractivity contribution < 1.29 is 17.7 Å². The first-order chi connectivity index (χ1) is 9.86. The van der Waals surface area contributed by atoms with E-state index < -0.39 is 26.5 Å². The molecule has 0 bridgehead atoms. The molecule has 0 radical (unpaired) electrons. The lowest BCUT2D eigenvalue weighted by Gasteiger charge is -2.28. The molecule has 112 valence electrons. The largest absolute Gasteiger partial charge is 0.304 e. The number of nitriles is 1. The Balaban J connectivity index is 2.27. The molecule has 0 atom stereocenters. The molecule has 21 heavy (non-hydrogen) atoms. The molecule has 0 aliphatic carbocycles. The first-order valence-corrected chi connectivity index (χ1v) is 7.64. The summed E-state index contributed by atoms with van der Waals surface area (Å²) in [4.78, 5) is 9.30. The minimum Gasteiger partial charge on any atom is -0.258 e. The Kier molecular flexibility index (Phi) is 4.20. The fourth-order valence-corrected chi connectivity index (χ4v) is 3.65. The number of nitrogens with zero attached hydrogens (tertiary/aromatic N) is 3. The molecule has 1 saturated heterocycles. The highest BCUT2D eigenvalue weighted by Crippen LogP contribution is 2.26. The zero-order valence-corrected chi connectivity index (χ0v) is 11.7. The van der Waals surface area contributed by atoms with Gasteiger partial charge in [0.1, 0.15) is 0 Å². The molecule has 0 saturated carbocycles. The average molecular weight is 313 g/mol. The number of piperidine rings is 1. The van der Waals surface area contributed by atoms with Crippen molar-refractivity contribution >= 4 is 15.7 Å². The van der Waals surface area contributed by atoms with Crippen LogP contribution in [0.25, 0.3) is 0 Å². The van der Waals surface area contributed by atoms with E-state index in [2.05, 4.69) is 6.07 Å². The molecule has 1 aromatic rings. The highest BCUT2D eigenvalue weighted by Gasteiger charge is 2.30. The number of nitro benzene ring substituents is 1. The highest BCUT2D eigenvalue weighted by atomic mass is 32.2. The summed E-state index contributed by atoms with van der Waals surface area (Å²) in [7, 11) is -3.90. The topological polar surface area (TPSA) is 104 Å². The summed E-state index contributed by atoms with van der Waals surface area (Å²) in [6.45, 7) is 0.359. The maximum Gasteiger partial charge on any atom is 0.304 e. The Morgan fingerprint density at radius 1 is 1.38 bits per heavy atom. The number of sulfonamides is 1. The van der Waals surface area contributed by atoms with E-state index in [9.17, 15) is 22.9 Å². The average Bonchev–Trinajstić information content (AvgIpc) is 2.46. The first kappa shape index (κ1) is 15.3. The van der Waals surface area contributed by atoms with Crippen LogP contribution < -0.4 is 0 Å². The lowest BCUT2D eigenvalue weighted by Crippen LogP contribution is -2.38. The van der Waals surface area contributed by atoms with Crippen LogP contribution in [0, 0.1) is 33.2 Å². The molecule has 1 aliphatic heterocycles. The molecular weight excluding hydrogens is 301 g/mol. The van der Waals surface area contributed by atoms with E-state index in [4.69, 9.17) is 5.26 Å². The second kappa shape index (κ2) is 5.75. The Morgan fingerprint density at radius 2 is 2.00 bits per heavy atom. The molecule has 9 heteroatoms. The van der Waals surface area contributed by atoms with Crippen molar-refractivity contribution in [2.45, 2.75) is 17.7 Å². The molecule has 0 aromatic heterocycles. The summed E-state index contributed by atoms with van der Waals surface area (Å²) < 4.78 is 39.4. The van der Waals surface area contributed by atoms with E-state index in [1.165, 1.54) is 4.31 Å². The van der Waals surface area contributed by atoms with E-state index in [1.54, 1.807) is 0 Å². The highest BCUT2D eigenvalue weighted by molar-refractivity contribution is 7.89. The van der Waals surface area contributed by atoms with Gasteiger partial charge in [-0.3, -0.25) is 10.1 Å². The number of hydrogen-bond donors (Lipinski definition) is 0. The summed E-state index contributed by atoms with van der Waals surface area (Å²) in [5, 5.41) is 19.3. The normalized spacial score (nSPS) is 17.3. The third-order valence-electron chi connectivity index (χ3n) is 3.39. The van der Waals surface area contributed by atoms with Gasteiger partial charge in [-0.1, -0.05) is 0 Å². The SMILES string of the molecule is N#CC1CCN(S(=O)(=O)c2ccc([N+](=O)[O-])c(F)c2)CC1. The summed E-state index contributed by atoms with van der Waals surface area (Å²) in [6, 6.07) is 4.60. The minimum atomic E-state index is -3.90. The van der Waals surface area contributed by atoms with Crippen LogP contribution in [-0.2, 0) is 10.0 Å². The van der Waals surface area contributed by atoms with Crippen LogP contribution in [0.5, 0.6) is 0 Å². The van der Waals surface area contributed by atoms with Crippen LogP contribution in [0.15, 0.2) is 23.1 Å². The van der Waals surface area contributed by atoms with Crippen molar-refractivity contribution in [3.63, 3.8) is 0 Å². The van der Waals surface area contributed by atoms with Gasteiger partial charge in [0.2, 0.25) is 15.8 Å². The van der Waals surface area contributed by atoms with Crippen LogP contribution in [0.1, 0.15) is 12.8 Å². The quantitative estimate of drug-likeness (QED) is 0.623. The van der Waals surface area contributed by atoms with Gasteiger partial charge in [0.15, 0.2) is 0 Å². The number of rotatable bonds is 3. The van der Waals surface area contributed by atoms with Crippen LogP contribution in [0.2, 0.25) is 0 Å². The summed E-state index contributed by atoms with van der Waals surface area (Å²) in [5.41, 5.74) is -0.767. The van der Waals surface area contributed by atoms with Gasteiger partial charge >= 0.3 is 5.69 Å². The number of hydrogen-bond acceptors (Lipinski definition) is 5. The maximum absolute atomic E-state index is 13.5. The second-order valence-electron chi connectivity index (χ2n) is 4.68. The Bertz CT molecular complexity index is 706. The van der Waals surface area contributed by atoms with Crippen molar-refractivity contribution in [3.8, 4) is 6.07 Å². The third kappa shape index (κ3) is 3.01. The van der Waals surface area contributed by atoms with E-state index in [0.717, 1.165) is 12.1 Å². The molecule has 1 fully saturated rings. The van der Waals surface area contributed by atoms with Gasteiger partial charge in [-0.15, -0.1) is 0 Å². The standard InChI is InChI=1S/C12H12FN3O4S/c13-11-7-10(1-2-12(11)16(17)18)21(19,20)15-5-3-9(8-14)4-6-15/h1-2,7,9H,3-6H2. The van der Waals surface area contributed by atoms with E-state index in [-0.39, 0.29) is 23.9 Å². The minimum absolute atomic E-state index is 0.176. The molecule has 1 aliphatic rings. The van der Waals surface area contributed by atoms with Crippen LogP contribution in [-0.4, -0.2) is 30.7 Å². The molecule has 1 aromatic carbocycles. The predicted molar refractivity (Wildman–Crippen MR) is 70.2 cm³/mol.